The normalized spacial score (nSPS) is 31.3. The summed E-state index contributed by atoms with van der Waals surface area (Å²) in [5, 5.41) is 0. The van der Waals surface area contributed by atoms with Crippen LogP contribution in [0.2, 0.25) is 0 Å². The molecule has 2 nitrogen and oxygen atoms in total. The van der Waals surface area contributed by atoms with E-state index in [9.17, 15) is 4.79 Å². The topological polar surface area (TPSA) is 26.3 Å². The highest BCUT2D eigenvalue weighted by atomic mass is 35.5. The molecule has 0 fully saturated rings. The Morgan fingerprint density at radius 1 is 1.00 bits per heavy atom. The molecule has 0 amide bonds. The maximum Gasteiger partial charge on any atom is 0.311 e. The fourth-order valence-electron chi connectivity index (χ4n) is 3.99. The van der Waals surface area contributed by atoms with Crippen molar-refractivity contribution in [3.8, 4) is 0 Å². The van der Waals surface area contributed by atoms with Gasteiger partial charge in [-0.3, -0.25) is 4.79 Å². The number of rotatable bonds is 1. The first-order chi connectivity index (χ1) is 10.5. The van der Waals surface area contributed by atoms with E-state index < -0.39 is 15.7 Å². The van der Waals surface area contributed by atoms with Crippen molar-refractivity contribution in [1.29, 1.82) is 0 Å². The van der Waals surface area contributed by atoms with Gasteiger partial charge in [0, 0.05) is 0 Å². The first kappa shape index (κ1) is 14.1. The van der Waals surface area contributed by atoms with Crippen molar-refractivity contribution in [2.75, 3.05) is 7.11 Å². The van der Waals surface area contributed by atoms with E-state index in [1.165, 1.54) is 7.11 Å². The average molecular weight is 333 g/mol. The van der Waals surface area contributed by atoms with Gasteiger partial charge in [-0.2, -0.15) is 0 Å². The minimum Gasteiger partial charge on any atom is -0.469 e. The summed E-state index contributed by atoms with van der Waals surface area (Å²) >= 11 is 14.2. The molecular formula is C18H14Cl2O2. The third-order valence-corrected chi connectivity index (χ3v) is 6.18. The van der Waals surface area contributed by atoms with Gasteiger partial charge in [-0.25, -0.2) is 0 Å². The van der Waals surface area contributed by atoms with Gasteiger partial charge in [-0.15, -0.1) is 23.2 Å². The van der Waals surface area contributed by atoms with Crippen LogP contribution in [-0.2, 0) is 19.3 Å². The van der Waals surface area contributed by atoms with Crippen LogP contribution in [-0.4, -0.2) is 13.1 Å². The van der Waals surface area contributed by atoms with Crippen molar-refractivity contribution in [3.05, 3.63) is 70.8 Å². The van der Waals surface area contributed by atoms with Crippen molar-refractivity contribution < 1.29 is 9.53 Å². The van der Waals surface area contributed by atoms with Crippen molar-refractivity contribution in [1.82, 2.24) is 0 Å². The molecule has 0 heterocycles. The first-order valence-electron chi connectivity index (χ1n) is 7.19. The zero-order valence-electron chi connectivity index (χ0n) is 12.0. The van der Waals surface area contributed by atoms with Crippen LogP contribution in [0.25, 0.3) is 0 Å². The highest BCUT2D eigenvalue weighted by molar-refractivity contribution is 6.32. The number of esters is 1. The number of carbonyl (C=O) groups is 1. The minimum absolute atomic E-state index is 0.316. The van der Waals surface area contributed by atoms with E-state index in [2.05, 4.69) is 0 Å². The van der Waals surface area contributed by atoms with E-state index in [-0.39, 0.29) is 5.97 Å². The molecule has 0 saturated heterocycles. The molecule has 3 aliphatic rings. The molecule has 22 heavy (non-hydrogen) atoms. The largest absolute Gasteiger partial charge is 0.469 e. The molecule has 1 atom stereocenters. The maximum absolute atomic E-state index is 12.4. The number of hydrogen-bond donors (Lipinski definition) is 0. The van der Waals surface area contributed by atoms with E-state index >= 15 is 0 Å². The second-order valence-electron chi connectivity index (χ2n) is 5.88. The summed E-state index contributed by atoms with van der Waals surface area (Å²) in [6.07, 6.45) is 0.443. The number of fused-ring (bicyclic) bond motifs is 1. The Morgan fingerprint density at radius 3 is 1.91 bits per heavy atom. The Morgan fingerprint density at radius 2 is 1.45 bits per heavy atom. The van der Waals surface area contributed by atoms with Gasteiger partial charge in [0.05, 0.1) is 17.9 Å². The zero-order valence-corrected chi connectivity index (χ0v) is 13.5. The predicted octanol–water partition coefficient (Wildman–Crippen LogP) is 4.16. The number of halogens is 2. The third-order valence-electron chi connectivity index (χ3n) is 4.94. The fraction of sp³-hybridized carbons (Fsp3) is 0.278. The van der Waals surface area contributed by atoms with Crippen molar-refractivity contribution >= 4 is 29.2 Å². The molecule has 0 saturated carbocycles. The summed E-state index contributed by atoms with van der Waals surface area (Å²) in [4.78, 5) is 10.7. The highest BCUT2D eigenvalue weighted by Crippen LogP contribution is 2.65. The Kier molecular flexibility index (Phi) is 2.88. The van der Waals surface area contributed by atoms with Gasteiger partial charge >= 0.3 is 5.97 Å². The summed E-state index contributed by atoms with van der Waals surface area (Å²) in [6.45, 7) is 0. The van der Waals surface area contributed by atoms with Gasteiger partial charge in [-0.1, -0.05) is 48.5 Å². The summed E-state index contributed by atoms with van der Waals surface area (Å²) in [7, 11) is 1.39. The number of ether oxygens (including phenoxy) is 1. The van der Waals surface area contributed by atoms with Crippen LogP contribution in [0.3, 0.4) is 0 Å². The van der Waals surface area contributed by atoms with Crippen LogP contribution in [0.15, 0.2) is 48.5 Å². The second kappa shape index (κ2) is 4.50. The smallest absolute Gasteiger partial charge is 0.311 e. The molecule has 0 aliphatic heterocycles. The van der Waals surface area contributed by atoms with Gasteiger partial charge in [0.15, 0.2) is 0 Å². The van der Waals surface area contributed by atoms with Crippen LogP contribution in [0, 0.1) is 5.92 Å². The number of carbonyl (C=O) groups excluding carboxylic acids is 1. The summed E-state index contributed by atoms with van der Waals surface area (Å²) in [6, 6.07) is 15.7. The molecule has 4 heteroatoms. The van der Waals surface area contributed by atoms with E-state index in [1.54, 1.807) is 0 Å². The SMILES string of the molecule is COC(=O)C1CC2(Cl)c3ccccc3C1(Cl)c1ccccc12. The van der Waals surface area contributed by atoms with Crippen LogP contribution >= 0.6 is 23.2 Å². The number of benzene rings is 2. The highest BCUT2D eigenvalue weighted by Gasteiger charge is 2.61. The average Bonchev–Trinajstić information content (AvgIpc) is 2.57. The third kappa shape index (κ3) is 1.50. The molecule has 1 unspecified atom stereocenters. The first-order valence-corrected chi connectivity index (χ1v) is 7.94. The minimum atomic E-state index is -0.920. The molecule has 2 aromatic carbocycles. The molecular weight excluding hydrogens is 319 g/mol. The van der Waals surface area contributed by atoms with Gasteiger partial charge in [0.25, 0.3) is 0 Å². The summed E-state index contributed by atoms with van der Waals surface area (Å²) in [5.74, 6) is -0.814. The standard InChI is InChI=1S/C18H14Cl2O2/c1-22-16(21)15-10-17(19)11-6-2-4-8-13(11)18(15,20)14-9-5-3-7-12(14)17/h2-9,15H,10H2,1H3. The molecule has 0 spiro atoms. The predicted molar refractivity (Wildman–Crippen MR) is 86.3 cm³/mol. The van der Waals surface area contributed by atoms with Gasteiger partial charge < -0.3 is 4.74 Å². The van der Waals surface area contributed by atoms with Gasteiger partial charge in [-0.05, 0) is 28.7 Å². The number of alkyl halides is 2. The summed E-state index contributed by atoms with van der Waals surface area (Å²) in [5.41, 5.74) is 3.80. The molecule has 112 valence electrons. The Balaban J connectivity index is 2.10. The second-order valence-corrected chi connectivity index (χ2v) is 7.13. The molecule has 0 N–H and O–H groups in total. The number of methoxy groups -OCH3 is 1. The zero-order chi connectivity index (χ0) is 15.5. The van der Waals surface area contributed by atoms with Crippen molar-refractivity contribution in [2.45, 2.75) is 16.2 Å². The van der Waals surface area contributed by atoms with Crippen molar-refractivity contribution in [3.63, 3.8) is 0 Å². The van der Waals surface area contributed by atoms with Crippen LogP contribution in [0.1, 0.15) is 28.7 Å². The molecule has 2 aromatic rings. The van der Waals surface area contributed by atoms with Crippen LogP contribution in [0.5, 0.6) is 0 Å². The molecule has 5 rings (SSSR count). The van der Waals surface area contributed by atoms with Crippen LogP contribution in [0.4, 0.5) is 0 Å². The summed E-state index contributed by atoms with van der Waals surface area (Å²) < 4.78 is 5.00. The van der Waals surface area contributed by atoms with Gasteiger partial charge in [0.1, 0.15) is 4.87 Å². The lowest BCUT2D eigenvalue weighted by Crippen LogP contribution is -2.52. The molecule has 0 radical (unpaired) electrons. The van der Waals surface area contributed by atoms with E-state index in [4.69, 9.17) is 27.9 Å². The monoisotopic (exact) mass is 332 g/mol. The molecule has 0 aromatic heterocycles. The molecule has 3 aliphatic carbocycles. The fourth-order valence-corrected chi connectivity index (χ4v) is 4.97. The van der Waals surface area contributed by atoms with Crippen LogP contribution < -0.4 is 0 Å². The maximum atomic E-state index is 12.4. The Hall–Kier alpha value is -1.51. The lowest BCUT2D eigenvalue weighted by atomic mass is 9.58. The quantitative estimate of drug-likeness (QED) is 0.579. The van der Waals surface area contributed by atoms with Crippen molar-refractivity contribution in [2.24, 2.45) is 5.92 Å². The molecule has 2 bridgehead atoms. The Bertz CT molecular complexity index is 737. The Labute approximate surface area is 139 Å². The van der Waals surface area contributed by atoms with E-state index in [1.807, 2.05) is 48.5 Å². The van der Waals surface area contributed by atoms with E-state index in [0.717, 1.165) is 22.3 Å². The lowest BCUT2D eigenvalue weighted by molar-refractivity contribution is -0.147. The van der Waals surface area contributed by atoms with Gasteiger partial charge in [0.2, 0.25) is 0 Å². The lowest BCUT2D eigenvalue weighted by Gasteiger charge is -2.53. The number of hydrogen-bond acceptors (Lipinski definition) is 2. The van der Waals surface area contributed by atoms with E-state index in [0.29, 0.717) is 6.42 Å².